The van der Waals surface area contributed by atoms with E-state index in [1.807, 2.05) is 0 Å². The molecule has 1 atom stereocenters. The number of alkyl halides is 1. The van der Waals surface area contributed by atoms with Crippen LogP contribution in [0.2, 0.25) is 0 Å². The van der Waals surface area contributed by atoms with E-state index in [1.165, 1.54) is 23.7 Å². The van der Waals surface area contributed by atoms with E-state index in [4.69, 9.17) is 0 Å². The third-order valence-corrected chi connectivity index (χ3v) is 3.49. The zero-order chi connectivity index (χ0) is 8.39. The van der Waals surface area contributed by atoms with Gasteiger partial charge in [-0.1, -0.05) is 34.7 Å². The molecule has 1 aliphatic carbocycles. The lowest BCUT2D eigenvalue weighted by molar-refractivity contribution is 0.574. The Morgan fingerprint density at radius 2 is 2.25 bits per heavy atom. The summed E-state index contributed by atoms with van der Waals surface area (Å²) in [5.41, 5.74) is 3.20. The Hall–Kier alpha value is 0.170. The molecule has 1 unspecified atom stereocenters. The lowest BCUT2D eigenvalue weighted by Gasteiger charge is -2.30. The van der Waals surface area contributed by atoms with E-state index in [0.717, 1.165) is 6.54 Å². The fourth-order valence-electron chi connectivity index (χ4n) is 1.99. The molecule has 1 heterocycles. The van der Waals surface area contributed by atoms with E-state index in [2.05, 4.69) is 40.1 Å². The van der Waals surface area contributed by atoms with Gasteiger partial charge in [0.15, 0.2) is 0 Å². The Balaban J connectivity index is 2.20. The Kier molecular flexibility index (Phi) is 2.86. The van der Waals surface area contributed by atoms with Crippen LogP contribution in [0.15, 0.2) is 23.3 Å². The number of hydrogen-bond acceptors (Lipinski definition) is 1. The second kappa shape index (κ2) is 3.92. The van der Waals surface area contributed by atoms with Crippen LogP contribution >= 0.6 is 22.6 Å². The standard InChI is InChI=1S/C10H14IN/c11-7-10-9-4-2-1-3-8(9)5-6-12-10/h3-4,10,12H,1-2,5-7H2. The summed E-state index contributed by atoms with van der Waals surface area (Å²) in [7, 11) is 0. The summed E-state index contributed by atoms with van der Waals surface area (Å²) in [6.45, 7) is 1.16. The van der Waals surface area contributed by atoms with Gasteiger partial charge in [0, 0.05) is 10.5 Å². The molecule has 66 valence electrons. The Morgan fingerprint density at radius 1 is 1.42 bits per heavy atom. The van der Waals surface area contributed by atoms with Crippen molar-refractivity contribution < 1.29 is 0 Å². The lowest BCUT2D eigenvalue weighted by Crippen LogP contribution is -2.38. The topological polar surface area (TPSA) is 12.0 Å². The first-order chi connectivity index (χ1) is 5.92. The van der Waals surface area contributed by atoms with Crippen LogP contribution in [-0.4, -0.2) is 17.0 Å². The summed E-state index contributed by atoms with van der Waals surface area (Å²) < 4.78 is 1.20. The highest BCUT2D eigenvalue weighted by Crippen LogP contribution is 2.27. The molecule has 0 saturated carbocycles. The van der Waals surface area contributed by atoms with Crippen molar-refractivity contribution in [3.63, 3.8) is 0 Å². The smallest absolute Gasteiger partial charge is 0.0410 e. The van der Waals surface area contributed by atoms with Crippen LogP contribution in [0.5, 0.6) is 0 Å². The summed E-state index contributed by atoms with van der Waals surface area (Å²) in [6, 6.07) is 0.630. The SMILES string of the molecule is ICC1NCCC2=CCCC=C21. The molecule has 1 aliphatic heterocycles. The quantitative estimate of drug-likeness (QED) is 0.572. The maximum Gasteiger partial charge on any atom is 0.0410 e. The van der Waals surface area contributed by atoms with Crippen molar-refractivity contribution in [2.75, 3.05) is 11.0 Å². The average Bonchev–Trinajstić information content (AvgIpc) is 2.17. The van der Waals surface area contributed by atoms with Crippen molar-refractivity contribution in [3.8, 4) is 0 Å². The van der Waals surface area contributed by atoms with Gasteiger partial charge >= 0.3 is 0 Å². The van der Waals surface area contributed by atoms with Gasteiger partial charge in [-0.25, -0.2) is 0 Å². The number of rotatable bonds is 1. The molecule has 0 radical (unpaired) electrons. The van der Waals surface area contributed by atoms with Crippen LogP contribution in [0.4, 0.5) is 0 Å². The molecule has 0 aromatic carbocycles. The molecular formula is C10H14IN. The normalized spacial score (nSPS) is 28.9. The van der Waals surface area contributed by atoms with E-state index in [9.17, 15) is 0 Å². The molecule has 2 heteroatoms. The van der Waals surface area contributed by atoms with Crippen LogP contribution in [0.1, 0.15) is 19.3 Å². The zero-order valence-electron chi connectivity index (χ0n) is 7.15. The second-order valence-corrected chi connectivity index (χ2v) is 4.26. The van der Waals surface area contributed by atoms with Gasteiger partial charge in [-0.15, -0.1) is 0 Å². The first kappa shape index (κ1) is 8.75. The van der Waals surface area contributed by atoms with E-state index in [1.54, 1.807) is 11.1 Å². The Bertz CT molecular complexity index is 230. The van der Waals surface area contributed by atoms with Crippen molar-refractivity contribution in [1.29, 1.82) is 0 Å². The molecule has 1 saturated heterocycles. The number of hydrogen-bond donors (Lipinski definition) is 1. The van der Waals surface area contributed by atoms with Gasteiger partial charge in [0.1, 0.15) is 0 Å². The summed E-state index contributed by atoms with van der Waals surface area (Å²) in [5.74, 6) is 0. The van der Waals surface area contributed by atoms with Gasteiger partial charge in [-0.05, 0) is 37.0 Å². The van der Waals surface area contributed by atoms with Gasteiger partial charge in [0.25, 0.3) is 0 Å². The number of piperidine rings is 1. The van der Waals surface area contributed by atoms with E-state index < -0.39 is 0 Å². The summed E-state index contributed by atoms with van der Waals surface area (Å²) in [5, 5.41) is 3.55. The fourth-order valence-corrected chi connectivity index (χ4v) is 2.77. The highest BCUT2D eigenvalue weighted by atomic mass is 127. The van der Waals surface area contributed by atoms with Crippen molar-refractivity contribution >= 4 is 22.6 Å². The van der Waals surface area contributed by atoms with Gasteiger partial charge in [0.2, 0.25) is 0 Å². The van der Waals surface area contributed by atoms with E-state index in [-0.39, 0.29) is 0 Å². The largest absolute Gasteiger partial charge is 0.309 e. The second-order valence-electron chi connectivity index (χ2n) is 3.38. The number of allylic oxidation sites excluding steroid dienone is 2. The zero-order valence-corrected chi connectivity index (χ0v) is 9.30. The highest BCUT2D eigenvalue weighted by Gasteiger charge is 2.21. The third-order valence-electron chi connectivity index (χ3n) is 2.61. The van der Waals surface area contributed by atoms with Crippen LogP contribution < -0.4 is 5.32 Å². The number of fused-ring (bicyclic) bond motifs is 1. The maximum absolute atomic E-state index is 3.55. The van der Waals surface area contributed by atoms with Crippen LogP contribution in [0, 0.1) is 0 Å². The van der Waals surface area contributed by atoms with Crippen molar-refractivity contribution in [2.45, 2.75) is 25.3 Å². The van der Waals surface area contributed by atoms with Crippen LogP contribution in [0.3, 0.4) is 0 Å². The van der Waals surface area contributed by atoms with Gasteiger partial charge in [0.05, 0.1) is 0 Å². The third kappa shape index (κ3) is 1.59. The Labute approximate surface area is 87.4 Å². The maximum atomic E-state index is 3.55. The molecule has 1 fully saturated rings. The van der Waals surface area contributed by atoms with Crippen molar-refractivity contribution in [2.24, 2.45) is 0 Å². The Morgan fingerprint density at radius 3 is 3.08 bits per heavy atom. The molecule has 1 nitrogen and oxygen atoms in total. The minimum Gasteiger partial charge on any atom is -0.309 e. The molecule has 2 aliphatic rings. The molecule has 0 aromatic heterocycles. The molecule has 0 spiro atoms. The van der Waals surface area contributed by atoms with Crippen LogP contribution in [0.25, 0.3) is 0 Å². The fraction of sp³-hybridized carbons (Fsp3) is 0.600. The molecule has 1 N–H and O–H groups in total. The van der Waals surface area contributed by atoms with Crippen LogP contribution in [-0.2, 0) is 0 Å². The molecular weight excluding hydrogens is 261 g/mol. The molecule has 0 amide bonds. The summed E-state index contributed by atoms with van der Waals surface area (Å²) in [6.07, 6.45) is 8.58. The predicted octanol–water partition coefficient (Wildman–Crippen LogP) is 2.43. The number of nitrogens with one attached hydrogen (secondary N) is 1. The van der Waals surface area contributed by atoms with Gasteiger partial charge < -0.3 is 5.32 Å². The van der Waals surface area contributed by atoms with E-state index >= 15 is 0 Å². The predicted molar refractivity (Wildman–Crippen MR) is 60.7 cm³/mol. The minimum atomic E-state index is 0.630. The molecule has 0 aromatic rings. The molecule has 0 bridgehead atoms. The molecule has 12 heavy (non-hydrogen) atoms. The summed E-state index contributed by atoms with van der Waals surface area (Å²) >= 11 is 2.47. The van der Waals surface area contributed by atoms with Gasteiger partial charge in [-0.2, -0.15) is 0 Å². The van der Waals surface area contributed by atoms with Crippen molar-refractivity contribution in [3.05, 3.63) is 23.3 Å². The number of halogens is 1. The first-order valence-electron chi connectivity index (χ1n) is 4.60. The van der Waals surface area contributed by atoms with Crippen molar-refractivity contribution in [1.82, 2.24) is 5.32 Å². The van der Waals surface area contributed by atoms with E-state index in [0.29, 0.717) is 6.04 Å². The molecule has 2 rings (SSSR count). The summed E-state index contributed by atoms with van der Waals surface area (Å²) in [4.78, 5) is 0. The minimum absolute atomic E-state index is 0.630. The highest BCUT2D eigenvalue weighted by molar-refractivity contribution is 14.1. The lowest BCUT2D eigenvalue weighted by atomic mass is 9.88. The monoisotopic (exact) mass is 275 g/mol. The first-order valence-corrected chi connectivity index (χ1v) is 6.13. The van der Waals surface area contributed by atoms with Gasteiger partial charge in [-0.3, -0.25) is 0 Å². The average molecular weight is 275 g/mol.